The van der Waals surface area contributed by atoms with E-state index in [4.69, 9.17) is 0 Å². The largest absolute Gasteiger partial charge is 0.464 e. The molecule has 0 aromatic carbocycles. The van der Waals surface area contributed by atoms with Gasteiger partial charge in [0.25, 0.3) is 0 Å². The minimum Gasteiger partial charge on any atom is -0.464 e. The van der Waals surface area contributed by atoms with Crippen LogP contribution in [-0.4, -0.2) is 34.8 Å². The van der Waals surface area contributed by atoms with Crippen molar-refractivity contribution in [1.82, 2.24) is 15.2 Å². The van der Waals surface area contributed by atoms with E-state index in [0.717, 1.165) is 35.1 Å². The number of hydrogen-bond donors (Lipinski definition) is 2. The van der Waals surface area contributed by atoms with Gasteiger partial charge in [0, 0.05) is 17.1 Å². The standard InChI is InChI=1S/C13H18N4O2S/c1-8-10(7-15-17-8)5-4-6-14-13-16-11(9(2)20-13)12(18)19-3/h7H,4-6H2,1-3H3,(H,14,16)(H,15,17). The van der Waals surface area contributed by atoms with Crippen LogP contribution in [0.3, 0.4) is 0 Å². The molecule has 2 aromatic heterocycles. The summed E-state index contributed by atoms with van der Waals surface area (Å²) in [4.78, 5) is 16.6. The molecule has 0 amide bonds. The van der Waals surface area contributed by atoms with Crippen molar-refractivity contribution in [3.63, 3.8) is 0 Å². The summed E-state index contributed by atoms with van der Waals surface area (Å²) < 4.78 is 4.69. The number of thiazole rings is 1. The first kappa shape index (κ1) is 14.5. The highest BCUT2D eigenvalue weighted by atomic mass is 32.1. The maximum absolute atomic E-state index is 11.5. The van der Waals surface area contributed by atoms with E-state index in [2.05, 4.69) is 25.2 Å². The second kappa shape index (κ2) is 6.51. The van der Waals surface area contributed by atoms with Crippen LogP contribution in [0.1, 0.15) is 33.0 Å². The minimum atomic E-state index is -0.388. The fraction of sp³-hybridized carbons (Fsp3) is 0.462. The van der Waals surface area contributed by atoms with Gasteiger partial charge in [-0.2, -0.15) is 5.10 Å². The quantitative estimate of drug-likeness (QED) is 0.631. The number of esters is 1. The van der Waals surface area contributed by atoms with Crippen molar-refractivity contribution in [2.75, 3.05) is 19.0 Å². The lowest BCUT2D eigenvalue weighted by Gasteiger charge is -2.02. The van der Waals surface area contributed by atoms with Gasteiger partial charge in [-0.1, -0.05) is 0 Å². The van der Waals surface area contributed by atoms with Gasteiger partial charge in [0.2, 0.25) is 0 Å². The molecule has 7 heteroatoms. The SMILES string of the molecule is COC(=O)c1nc(NCCCc2cn[nH]c2C)sc1C. The third-order valence-electron chi connectivity index (χ3n) is 3.01. The Hall–Kier alpha value is -1.89. The zero-order valence-electron chi connectivity index (χ0n) is 11.8. The maximum atomic E-state index is 11.5. The molecule has 2 N–H and O–H groups in total. The number of hydrogen-bond acceptors (Lipinski definition) is 6. The van der Waals surface area contributed by atoms with Crippen molar-refractivity contribution in [2.45, 2.75) is 26.7 Å². The van der Waals surface area contributed by atoms with Crippen LogP contribution >= 0.6 is 11.3 Å². The lowest BCUT2D eigenvalue weighted by Crippen LogP contribution is -2.05. The monoisotopic (exact) mass is 294 g/mol. The van der Waals surface area contributed by atoms with E-state index in [0.29, 0.717) is 5.69 Å². The van der Waals surface area contributed by atoms with Crippen LogP contribution in [0.5, 0.6) is 0 Å². The van der Waals surface area contributed by atoms with Crippen molar-refractivity contribution in [2.24, 2.45) is 0 Å². The third-order valence-corrected chi connectivity index (χ3v) is 3.94. The summed E-state index contributed by atoms with van der Waals surface area (Å²) in [7, 11) is 1.36. The van der Waals surface area contributed by atoms with Crippen LogP contribution in [0.25, 0.3) is 0 Å². The van der Waals surface area contributed by atoms with Gasteiger partial charge in [0.05, 0.1) is 13.3 Å². The molecule has 0 spiro atoms. The summed E-state index contributed by atoms with van der Waals surface area (Å²) in [6.45, 7) is 4.69. The Kier molecular flexibility index (Phi) is 4.73. The van der Waals surface area contributed by atoms with E-state index in [1.54, 1.807) is 0 Å². The van der Waals surface area contributed by atoms with E-state index in [9.17, 15) is 4.79 Å². The van der Waals surface area contributed by atoms with Crippen LogP contribution in [0.2, 0.25) is 0 Å². The molecule has 0 fully saturated rings. The first-order valence-electron chi connectivity index (χ1n) is 6.40. The van der Waals surface area contributed by atoms with Crippen molar-refractivity contribution in [3.05, 3.63) is 28.0 Å². The summed E-state index contributed by atoms with van der Waals surface area (Å²) in [6, 6.07) is 0. The normalized spacial score (nSPS) is 10.6. The Morgan fingerprint density at radius 3 is 2.95 bits per heavy atom. The number of carbonyl (C=O) groups excluding carboxylic acids is 1. The lowest BCUT2D eigenvalue weighted by atomic mass is 10.1. The fourth-order valence-electron chi connectivity index (χ4n) is 1.86. The molecule has 0 atom stereocenters. The number of nitrogens with one attached hydrogen (secondary N) is 2. The topological polar surface area (TPSA) is 79.9 Å². The first-order valence-corrected chi connectivity index (χ1v) is 7.22. The van der Waals surface area contributed by atoms with E-state index < -0.39 is 0 Å². The van der Waals surface area contributed by atoms with Crippen LogP contribution in [0.15, 0.2) is 6.20 Å². The van der Waals surface area contributed by atoms with Crippen molar-refractivity contribution >= 4 is 22.4 Å². The second-order valence-corrected chi connectivity index (χ2v) is 5.67. The molecule has 20 heavy (non-hydrogen) atoms. The number of methoxy groups -OCH3 is 1. The average Bonchev–Trinajstić information content (AvgIpc) is 3.00. The Bertz CT molecular complexity index is 591. The van der Waals surface area contributed by atoms with Gasteiger partial charge in [-0.15, -0.1) is 11.3 Å². The van der Waals surface area contributed by atoms with Gasteiger partial charge < -0.3 is 10.1 Å². The predicted octanol–water partition coefficient (Wildman–Crippen LogP) is 2.31. The Morgan fingerprint density at radius 2 is 2.30 bits per heavy atom. The molecule has 0 aliphatic heterocycles. The number of ether oxygens (including phenoxy) is 1. The van der Waals surface area contributed by atoms with Crippen LogP contribution in [0, 0.1) is 13.8 Å². The molecule has 0 bridgehead atoms. The van der Waals surface area contributed by atoms with Gasteiger partial charge in [0.15, 0.2) is 10.8 Å². The molecule has 0 unspecified atom stereocenters. The minimum absolute atomic E-state index is 0.388. The van der Waals surface area contributed by atoms with Gasteiger partial charge >= 0.3 is 5.97 Å². The number of aromatic amines is 1. The Balaban J connectivity index is 1.83. The molecule has 2 aromatic rings. The van der Waals surface area contributed by atoms with Crippen LogP contribution in [0.4, 0.5) is 5.13 Å². The van der Waals surface area contributed by atoms with E-state index in [1.807, 2.05) is 20.0 Å². The molecule has 2 rings (SSSR count). The Labute approximate surface area is 121 Å². The molecule has 0 saturated heterocycles. The molecule has 2 heterocycles. The number of aryl methyl sites for hydroxylation is 3. The van der Waals surface area contributed by atoms with Crippen LogP contribution in [-0.2, 0) is 11.2 Å². The van der Waals surface area contributed by atoms with E-state index in [1.165, 1.54) is 24.0 Å². The zero-order valence-corrected chi connectivity index (χ0v) is 12.6. The fourth-order valence-corrected chi connectivity index (χ4v) is 2.69. The van der Waals surface area contributed by atoms with Gasteiger partial charge in [0.1, 0.15) is 0 Å². The highest BCUT2D eigenvalue weighted by molar-refractivity contribution is 7.15. The number of H-pyrrole nitrogens is 1. The van der Waals surface area contributed by atoms with Gasteiger partial charge in [-0.3, -0.25) is 5.10 Å². The summed E-state index contributed by atoms with van der Waals surface area (Å²) in [6.07, 6.45) is 3.80. The molecule has 0 radical (unpaired) electrons. The van der Waals surface area contributed by atoms with E-state index >= 15 is 0 Å². The number of nitrogens with zero attached hydrogens (tertiary/aromatic N) is 2. The molecule has 0 aliphatic carbocycles. The molecule has 0 aliphatic rings. The van der Waals surface area contributed by atoms with Crippen molar-refractivity contribution in [3.8, 4) is 0 Å². The van der Waals surface area contributed by atoms with Crippen LogP contribution < -0.4 is 5.32 Å². The summed E-state index contributed by atoms with van der Waals surface area (Å²) in [5.74, 6) is -0.388. The Morgan fingerprint density at radius 1 is 1.50 bits per heavy atom. The van der Waals surface area contributed by atoms with Crippen molar-refractivity contribution in [1.29, 1.82) is 0 Å². The smallest absolute Gasteiger partial charge is 0.357 e. The molecule has 6 nitrogen and oxygen atoms in total. The molecular formula is C13H18N4O2S. The summed E-state index contributed by atoms with van der Waals surface area (Å²) in [5.41, 5.74) is 2.74. The molecule has 108 valence electrons. The molecular weight excluding hydrogens is 276 g/mol. The predicted molar refractivity (Wildman–Crippen MR) is 78.3 cm³/mol. The zero-order chi connectivity index (χ0) is 14.5. The van der Waals surface area contributed by atoms with Gasteiger partial charge in [-0.25, -0.2) is 9.78 Å². The summed E-state index contributed by atoms with van der Waals surface area (Å²) >= 11 is 1.47. The number of aromatic nitrogens is 3. The first-order chi connectivity index (χ1) is 9.61. The average molecular weight is 294 g/mol. The maximum Gasteiger partial charge on any atom is 0.357 e. The highest BCUT2D eigenvalue weighted by Gasteiger charge is 2.15. The van der Waals surface area contributed by atoms with Crippen molar-refractivity contribution < 1.29 is 9.53 Å². The second-order valence-electron chi connectivity index (χ2n) is 4.47. The highest BCUT2D eigenvalue weighted by Crippen LogP contribution is 2.22. The van der Waals surface area contributed by atoms with Gasteiger partial charge in [-0.05, 0) is 32.3 Å². The number of rotatable bonds is 6. The molecule has 0 saturated carbocycles. The van der Waals surface area contributed by atoms with E-state index in [-0.39, 0.29) is 5.97 Å². The number of anilines is 1. The number of carbonyl (C=O) groups is 1. The third kappa shape index (κ3) is 3.36. The summed E-state index contributed by atoms with van der Waals surface area (Å²) in [5, 5.41) is 10.9. The lowest BCUT2D eigenvalue weighted by molar-refractivity contribution is 0.0594.